The molecule has 1 saturated heterocycles. The summed E-state index contributed by atoms with van der Waals surface area (Å²) in [6.45, 7) is 11.9. The monoisotopic (exact) mass is 607 g/mol. The number of piperidine rings is 1. The summed E-state index contributed by atoms with van der Waals surface area (Å²) in [6, 6.07) is 19.7. The van der Waals surface area contributed by atoms with Gasteiger partial charge in [0.25, 0.3) is 0 Å². The van der Waals surface area contributed by atoms with E-state index < -0.39 is 0 Å². The normalized spacial score (nSPS) is 12.9. The van der Waals surface area contributed by atoms with Crippen LogP contribution in [0, 0.1) is 5.92 Å². The van der Waals surface area contributed by atoms with Gasteiger partial charge < -0.3 is 39.2 Å². The second kappa shape index (κ2) is 21.9. The van der Waals surface area contributed by atoms with E-state index in [0.717, 1.165) is 71.3 Å². The number of ether oxygens (including phenoxy) is 5. The number of nitrogens with one attached hydrogen (secondary N) is 1. The second-order valence-corrected chi connectivity index (χ2v) is 10.1. The SMILES string of the molecule is C=C(/C=C\C(=C)C1CCNCC1)OCCCOCc1ccccc1OC.COCO.COc1cc(CO)cc2ccccc12. The third-order valence-corrected chi connectivity index (χ3v) is 6.93. The van der Waals surface area contributed by atoms with Crippen molar-refractivity contribution in [2.75, 3.05) is 54.4 Å². The Bertz CT molecular complexity index is 1280. The summed E-state index contributed by atoms with van der Waals surface area (Å²) in [6.07, 6.45) is 7.08. The van der Waals surface area contributed by atoms with Gasteiger partial charge in [-0.1, -0.05) is 67.3 Å². The summed E-state index contributed by atoms with van der Waals surface area (Å²) in [5, 5.41) is 22.3. The van der Waals surface area contributed by atoms with E-state index in [9.17, 15) is 0 Å². The summed E-state index contributed by atoms with van der Waals surface area (Å²) in [7, 11) is 4.74. The van der Waals surface area contributed by atoms with Crippen LogP contribution in [-0.4, -0.2) is 64.6 Å². The molecule has 4 rings (SSSR count). The molecule has 0 spiro atoms. The lowest BCUT2D eigenvalue weighted by Crippen LogP contribution is -2.28. The molecule has 1 fully saturated rings. The summed E-state index contributed by atoms with van der Waals surface area (Å²) >= 11 is 0. The van der Waals surface area contributed by atoms with Gasteiger partial charge in [0.05, 0.1) is 40.6 Å². The number of hydrogen-bond donors (Lipinski definition) is 3. The predicted molar refractivity (Wildman–Crippen MR) is 177 cm³/mol. The van der Waals surface area contributed by atoms with E-state index in [1.165, 1.54) is 7.11 Å². The summed E-state index contributed by atoms with van der Waals surface area (Å²) < 4.78 is 26.0. The Morgan fingerprint density at radius 1 is 0.886 bits per heavy atom. The van der Waals surface area contributed by atoms with Crippen molar-refractivity contribution >= 4 is 10.8 Å². The number of methoxy groups -OCH3 is 3. The van der Waals surface area contributed by atoms with Gasteiger partial charge in [-0.15, -0.1) is 0 Å². The van der Waals surface area contributed by atoms with Crippen molar-refractivity contribution in [3.8, 4) is 11.5 Å². The van der Waals surface area contributed by atoms with Gasteiger partial charge in [0.15, 0.2) is 0 Å². The first-order valence-electron chi connectivity index (χ1n) is 14.8. The smallest absolute Gasteiger partial charge is 0.143 e. The zero-order valence-corrected chi connectivity index (χ0v) is 26.4. The van der Waals surface area contributed by atoms with Gasteiger partial charge in [-0.2, -0.15) is 0 Å². The van der Waals surface area contributed by atoms with Crippen LogP contribution < -0.4 is 14.8 Å². The van der Waals surface area contributed by atoms with E-state index in [2.05, 4.69) is 23.2 Å². The van der Waals surface area contributed by atoms with Crippen LogP contribution in [0.4, 0.5) is 0 Å². The Labute approximate surface area is 262 Å². The molecule has 0 saturated carbocycles. The number of aliphatic hydroxyl groups is 2. The molecule has 0 radical (unpaired) electrons. The zero-order chi connectivity index (χ0) is 32.0. The number of aliphatic hydroxyl groups excluding tert-OH is 2. The van der Waals surface area contributed by atoms with Crippen molar-refractivity contribution in [3.05, 3.63) is 108 Å². The molecule has 0 aliphatic carbocycles. The van der Waals surface area contributed by atoms with Crippen LogP contribution in [0.15, 0.2) is 97.3 Å². The first-order valence-corrected chi connectivity index (χ1v) is 14.8. The second-order valence-electron chi connectivity index (χ2n) is 10.1. The Morgan fingerprint density at radius 2 is 1.57 bits per heavy atom. The largest absolute Gasteiger partial charge is 0.496 e. The van der Waals surface area contributed by atoms with Gasteiger partial charge >= 0.3 is 0 Å². The summed E-state index contributed by atoms with van der Waals surface area (Å²) in [5.41, 5.74) is 3.09. The molecule has 0 amide bonds. The van der Waals surface area contributed by atoms with Crippen molar-refractivity contribution < 1.29 is 33.9 Å². The fraction of sp³-hybridized carbons (Fsp3) is 0.389. The van der Waals surface area contributed by atoms with Crippen molar-refractivity contribution in [1.29, 1.82) is 0 Å². The topological polar surface area (TPSA) is 98.6 Å². The highest BCUT2D eigenvalue weighted by Crippen LogP contribution is 2.27. The zero-order valence-electron chi connectivity index (χ0n) is 26.4. The Kier molecular flexibility index (Phi) is 18.2. The van der Waals surface area contributed by atoms with Crippen LogP contribution in [0.25, 0.3) is 10.8 Å². The number of hydrogen-bond acceptors (Lipinski definition) is 8. The van der Waals surface area contributed by atoms with Crippen LogP contribution in [0.2, 0.25) is 0 Å². The minimum Gasteiger partial charge on any atom is -0.496 e. The third-order valence-electron chi connectivity index (χ3n) is 6.93. The molecule has 0 bridgehead atoms. The van der Waals surface area contributed by atoms with Gasteiger partial charge in [-0.25, -0.2) is 0 Å². The quantitative estimate of drug-likeness (QED) is 0.0867. The van der Waals surface area contributed by atoms with E-state index in [4.69, 9.17) is 29.2 Å². The highest BCUT2D eigenvalue weighted by molar-refractivity contribution is 5.89. The highest BCUT2D eigenvalue weighted by atomic mass is 16.6. The molecule has 1 aliphatic heterocycles. The maximum absolute atomic E-state index is 9.06. The molecule has 1 aliphatic rings. The third kappa shape index (κ3) is 13.3. The molecule has 3 aromatic carbocycles. The van der Waals surface area contributed by atoms with Crippen LogP contribution in [0.3, 0.4) is 0 Å². The number of benzene rings is 3. The van der Waals surface area contributed by atoms with E-state index in [1.54, 1.807) is 14.2 Å². The van der Waals surface area contributed by atoms with Crippen LogP contribution in [0.1, 0.15) is 30.4 Å². The van der Waals surface area contributed by atoms with E-state index in [-0.39, 0.29) is 13.4 Å². The number of para-hydroxylation sites is 1. The fourth-order valence-electron chi connectivity index (χ4n) is 4.54. The van der Waals surface area contributed by atoms with Crippen LogP contribution in [-0.2, 0) is 27.4 Å². The van der Waals surface area contributed by atoms with Gasteiger partial charge in [-0.3, -0.25) is 0 Å². The van der Waals surface area contributed by atoms with Crippen molar-refractivity contribution in [2.45, 2.75) is 32.5 Å². The minimum absolute atomic E-state index is 0.0429. The lowest BCUT2D eigenvalue weighted by Gasteiger charge is -2.23. The van der Waals surface area contributed by atoms with Crippen molar-refractivity contribution in [1.82, 2.24) is 5.32 Å². The molecular weight excluding hydrogens is 558 g/mol. The lowest BCUT2D eigenvalue weighted by atomic mass is 9.90. The predicted octanol–water partition coefficient (Wildman–Crippen LogP) is 6.17. The van der Waals surface area contributed by atoms with Gasteiger partial charge in [0.1, 0.15) is 24.1 Å². The number of fused-ring (bicyclic) bond motifs is 1. The van der Waals surface area contributed by atoms with E-state index in [1.807, 2.05) is 72.8 Å². The Morgan fingerprint density at radius 3 is 2.25 bits per heavy atom. The fourth-order valence-corrected chi connectivity index (χ4v) is 4.54. The summed E-state index contributed by atoms with van der Waals surface area (Å²) in [4.78, 5) is 0. The molecular formula is C36H49NO7. The molecule has 1 heterocycles. The van der Waals surface area contributed by atoms with Crippen molar-refractivity contribution in [3.63, 3.8) is 0 Å². The standard InChI is InChI=1S/C22H31NO3.C12H12O2.C2H6O2/c1-18(20-11-13-23-14-12-20)9-10-19(2)26-16-6-15-25-17-21-7-4-5-8-22(21)24-3;1-14-12-7-9(8-13)6-10-4-2-3-5-11(10)12;1-4-2-3/h4-5,7-10,20,23H,1-2,6,11-17H2,3H3;2-7,13H,8H2,1H3;3H,2H2,1H3/b10-9-;;. The maximum atomic E-state index is 9.06. The molecule has 240 valence electrons. The average Bonchev–Trinajstić information content (AvgIpc) is 3.09. The number of allylic oxidation sites excluding steroid dienone is 3. The Balaban J connectivity index is 0.000000311. The minimum atomic E-state index is -0.181. The van der Waals surface area contributed by atoms with E-state index >= 15 is 0 Å². The molecule has 44 heavy (non-hydrogen) atoms. The molecule has 8 heteroatoms. The molecule has 0 unspecified atom stereocenters. The van der Waals surface area contributed by atoms with Crippen LogP contribution in [0.5, 0.6) is 11.5 Å². The first kappa shape index (κ1) is 36.5. The van der Waals surface area contributed by atoms with E-state index in [0.29, 0.717) is 31.5 Å². The van der Waals surface area contributed by atoms with Gasteiger partial charge in [0.2, 0.25) is 0 Å². The lowest BCUT2D eigenvalue weighted by molar-refractivity contribution is 0.0325. The maximum Gasteiger partial charge on any atom is 0.143 e. The van der Waals surface area contributed by atoms with Gasteiger partial charge in [-0.05, 0) is 67.1 Å². The van der Waals surface area contributed by atoms with Crippen molar-refractivity contribution in [2.24, 2.45) is 5.92 Å². The molecule has 0 atom stereocenters. The molecule has 3 aromatic rings. The number of rotatable bonds is 14. The molecule has 3 N–H and O–H groups in total. The average molecular weight is 608 g/mol. The Hall–Kier alpha value is -3.66. The summed E-state index contributed by atoms with van der Waals surface area (Å²) in [5.74, 6) is 2.91. The first-order chi connectivity index (χ1) is 21.5. The van der Waals surface area contributed by atoms with Crippen LogP contribution >= 0.6 is 0 Å². The molecule has 0 aromatic heterocycles. The van der Waals surface area contributed by atoms with Gasteiger partial charge in [0, 0.05) is 24.5 Å². The molecule has 8 nitrogen and oxygen atoms in total. The highest BCUT2D eigenvalue weighted by Gasteiger charge is 2.14.